The number of amides is 1. The molecule has 190 valence electrons. The van der Waals surface area contributed by atoms with E-state index in [4.69, 9.17) is 4.74 Å². The summed E-state index contributed by atoms with van der Waals surface area (Å²) in [5, 5.41) is 3.41. The molecule has 0 bridgehead atoms. The molecule has 1 N–H and O–H groups in total. The predicted molar refractivity (Wildman–Crippen MR) is 141 cm³/mol. The van der Waals surface area contributed by atoms with E-state index in [9.17, 15) is 4.79 Å². The van der Waals surface area contributed by atoms with Gasteiger partial charge in [-0.25, -0.2) is 4.79 Å². The van der Waals surface area contributed by atoms with Gasteiger partial charge in [0.2, 0.25) is 0 Å². The van der Waals surface area contributed by atoms with E-state index in [0.29, 0.717) is 6.54 Å². The molecule has 2 aliphatic heterocycles. The first-order chi connectivity index (χ1) is 16.3. The van der Waals surface area contributed by atoms with E-state index in [1.54, 1.807) is 0 Å². The molecule has 1 atom stereocenters. The van der Waals surface area contributed by atoms with Crippen molar-refractivity contribution in [3.8, 4) is 0 Å². The second kappa shape index (κ2) is 15.9. The smallest absolute Gasteiger partial charge is 0.444 e. The SMILES string of the molecule is CC.CC[C-]=C1CCNCC2C1=[C-]CCN2C(=O)OC(C)(C)C.Cc1[c-]ccc(C2CCC2)c1.[Na+]. The number of hydrogen-bond donors (Lipinski definition) is 1. The van der Waals surface area contributed by atoms with Crippen LogP contribution in [-0.4, -0.2) is 42.3 Å². The Labute approximate surface area is 237 Å². The van der Waals surface area contributed by atoms with E-state index in [1.165, 1.54) is 36.0 Å². The number of hydrogen-bond acceptors (Lipinski definition) is 3. The van der Waals surface area contributed by atoms with Crippen molar-refractivity contribution in [1.29, 1.82) is 0 Å². The summed E-state index contributed by atoms with van der Waals surface area (Å²) >= 11 is 0. The Morgan fingerprint density at radius 1 is 1.29 bits per heavy atom. The van der Waals surface area contributed by atoms with E-state index in [1.807, 2.05) is 45.6 Å². The van der Waals surface area contributed by atoms with E-state index in [0.717, 1.165) is 43.8 Å². The molecule has 3 aliphatic rings. The molecule has 1 aromatic carbocycles. The largest absolute Gasteiger partial charge is 1.00 e. The van der Waals surface area contributed by atoms with Crippen molar-refractivity contribution in [2.75, 3.05) is 19.6 Å². The van der Waals surface area contributed by atoms with Gasteiger partial charge >= 0.3 is 35.7 Å². The van der Waals surface area contributed by atoms with E-state index in [-0.39, 0.29) is 41.7 Å². The van der Waals surface area contributed by atoms with Gasteiger partial charge in [0.1, 0.15) is 5.60 Å². The van der Waals surface area contributed by atoms with Crippen molar-refractivity contribution in [3.63, 3.8) is 0 Å². The summed E-state index contributed by atoms with van der Waals surface area (Å²) in [6, 6.07) is 9.71. The van der Waals surface area contributed by atoms with Gasteiger partial charge in [0.25, 0.3) is 0 Å². The van der Waals surface area contributed by atoms with Crippen molar-refractivity contribution >= 4 is 6.09 Å². The van der Waals surface area contributed by atoms with Crippen LogP contribution in [0, 0.1) is 25.1 Å². The van der Waals surface area contributed by atoms with Crippen LogP contribution in [0.5, 0.6) is 0 Å². The Kier molecular flexibility index (Phi) is 14.5. The molecule has 1 aliphatic carbocycles. The number of nitrogens with zero attached hydrogens (tertiary/aromatic N) is 1. The molecule has 1 saturated heterocycles. The fourth-order valence-corrected chi connectivity index (χ4v) is 4.39. The fraction of sp³-hybridized carbons (Fsp3) is 0.633. The summed E-state index contributed by atoms with van der Waals surface area (Å²) in [7, 11) is 0. The van der Waals surface area contributed by atoms with Gasteiger partial charge in [-0.1, -0.05) is 34.1 Å². The minimum atomic E-state index is -0.464. The van der Waals surface area contributed by atoms with Crippen molar-refractivity contribution in [2.45, 2.75) is 105 Å². The quantitative estimate of drug-likeness (QED) is 0.506. The first kappa shape index (κ1) is 32.0. The molecule has 35 heavy (non-hydrogen) atoms. The van der Waals surface area contributed by atoms with Crippen molar-refractivity contribution in [2.24, 2.45) is 0 Å². The third kappa shape index (κ3) is 10.1. The molecule has 5 heteroatoms. The number of carbonyl (C=O) groups excluding carboxylic acids is 1. The summed E-state index contributed by atoms with van der Waals surface area (Å²) in [5.74, 6) is 0.864. The molecule has 2 heterocycles. The summed E-state index contributed by atoms with van der Waals surface area (Å²) in [6.45, 7) is 16.3. The van der Waals surface area contributed by atoms with Crippen molar-refractivity contribution < 1.29 is 39.1 Å². The van der Waals surface area contributed by atoms with Gasteiger partial charge < -0.3 is 38.3 Å². The third-order valence-electron chi connectivity index (χ3n) is 6.16. The van der Waals surface area contributed by atoms with Crippen LogP contribution < -0.4 is 34.9 Å². The van der Waals surface area contributed by atoms with Gasteiger partial charge in [-0.3, -0.25) is 0 Å². The second-order valence-corrected chi connectivity index (χ2v) is 9.93. The van der Waals surface area contributed by atoms with Crippen LogP contribution in [0.4, 0.5) is 4.79 Å². The molecule has 4 nitrogen and oxygen atoms in total. The number of aryl methyl sites for hydroxylation is 1. The molecule has 1 amide bonds. The number of fused-ring (bicyclic) bond motifs is 1. The first-order valence-corrected chi connectivity index (χ1v) is 13.2. The van der Waals surface area contributed by atoms with Crippen LogP contribution >= 0.6 is 0 Å². The van der Waals surface area contributed by atoms with Gasteiger partial charge in [0.15, 0.2) is 0 Å². The van der Waals surface area contributed by atoms with Crippen LogP contribution in [0.1, 0.15) is 97.1 Å². The monoisotopic (exact) mass is 488 g/mol. The van der Waals surface area contributed by atoms with Gasteiger partial charge in [0, 0.05) is 13.1 Å². The number of allylic oxidation sites excluding steroid dienone is 1. The maximum Gasteiger partial charge on any atom is 1.00 e. The van der Waals surface area contributed by atoms with Crippen molar-refractivity contribution in [1.82, 2.24) is 10.2 Å². The van der Waals surface area contributed by atoms with Crippen LogP contribution in [0.2, 0.25) is 0 Å². The maximum absolute atomic E-state index is 12.5. The second-order valence-electron chi connectivity index (χ2n) is 9.93. The zero-order valence-electron chi connectivity index (χ0n) is 23.5. The fourth-order valence-electron chi connectivity index (χ4n) is 4.39. The summed E-state index contributed by atoms with van der Waals surface area (Å²) in [5.41, 5.74) is 4.68. The number of carbonyl (C=O) groups is 1. The molecule has 1 saturated carbocycles. The number of benzene rings is 1. The normalized spacial score (nSPS) is 20.9. The molecule has 0 radical (unpaired) electrons. The van der Waals surface area contributed by atoms with Gasteiger partial charge in [-0.15, -0.1) is 19.3 Å². The van der Waals surface area contributed by atoms with Crippen LogP contribution in [0.15, 0.2) is 29.3 Å². The van der Waals surface area contributed by atoms with Crippen LogP contribution in [0.25, 0.3) is 0 Å². The first-order valence-electron chi connectivity index (χ1n) is 13.2. The van der Waals surface area contributed by atoms with Gasteiger partial charge in [-0.2, -0.15) is 35.4 Å². The standard InChI is InChI=1S/C17H26N2O2.C11H13.C2H6.Na/c1-5-7-13-9-10-18-12-15-14(13)8-6-11-19(15)16(20)21-17(2,3)4;1-9-4-2-7-11(8-9)10-5-3-6-10;1-2;/h15,18H,5-6,9-12H2,1-4H3;2,7-8,10H,3,5-6H2,1H3;1-2H3;/q-2;-1;;+1. The molecule has 0 spiro atoms. The Hall–Kier alpha value is -1.07. The van der Waals surface area contributed by atoms with E-state index >= 15 is 0 Å². The Bertz CT molecular complexity index is 837. The average molecular weight is 489 g/mol. The maximum atomic E-state index is 12.5. The molecule has 2 fully saturated rings. The zero-order chi connectivity index (χ0) is 25.1. The summed E-state index contributed by atoms with van der Waals surface area (Å²) in [6.07, 6.45) is 13.5. The molecular formula is C30H45N2NaO2-2. The summed E-state index contributed by atoms with van der Waals surface area (Å²) in [4.78, 5) is 14.3. The third-order valence-corrected chi connectivity index (χ3v) is 6.16. The molecule has 1 aromatic rings. The number of nitrogens with one attached hydrogen (secondary N) is 1. The minimum Gasteiger partial charge on any atom is -0.444 e. The van der Waals surface area contributed by atoms with Gasteiger partial charge in [-0.05, 0) is 52.1 Å². The molecule has 1 unspecified atom stereocenters. The predicted octanol–water partition coefficient (Wildman–Crippen LogP) is 3.95. The number of rotatable bonds is 2. The van der Waals surface area contributed by atoms with E-state index < -0.39 is 5.60 Å². The van der Waals surface area contributed by atoms with Crippen LogP contribution in [0.3, 0.4) is 0 Å². The van der Waals surface area contributed by atoms with Gasteiger partial charge in [0.05, 0.1) is 0 Å². The summed E-state index contributed by atoms with van der Waals surface area (Å²) < 4.78 is 5.55. The zero-order valence-corrected chi connectivity index (χ0v) is 25.5. The van der Waals surface area contributed by atoms with Crippen molar-refractivity contribution in [3.05, 3.63) is 58.7 Å². The molecule has 4 rings (SSSR count). The Morgan fingerprint density at radius 3 is 2.57 bits per heavy atom. The molecular weight excluding hydrogens is 443 g/mol. The average Bonchev–Trinajstić information content (AvgIpc) is 2.96. The Morgan fingerprint density at radius 2 is 2.00 bits per heavy atom. The van der Waals surface area contributed by atoms with E-state index in [2.05, 4.69) is 49.5 Å². The Balaban J connectivity index is 0.000000368. The topological polar surface area (TPSA) is 41.6 Å². The van der Waals surface area contributed by atoms with Crippen LogP contribution in [-0.2, 0) is 4.74 Å². The molecule has 0 aromatic heterocycles. The minimum absolute atomic E-state index is 0. The number of ether oxygens (including phenoxy) is 1.